The lowest BCUT2D eigenvalue weighted by molar-refractivity contribution is 0.855. The molecular formula is C19H20ClN5. The van der Waals surface area contributed by atoms with Gasteiger partial charge in [-0.15, -0.1) is 5.10 Å². The van der Waals surface area contributed by atoms with Gasteiger partial charge in [0.25, 0.3) is 0 Å². The Labute approximate surface area is 152 Å². The highest BCUT2D eigenvalue weighted by molar-refractivity contribution is 6.30. The molecule has 0 amide bonds. The summed E-state index contributed by atoms with van der Waals surface area (Å²) in [6, 6.07) is 18.2. The van der Waals surface area contributed by atoms with Crippen molar-refractivity contribution in [3.63, 3.8) is 0 Å². The van der Waals surface area contributed by atoms with Crippen LogP contribution in [0, 0.1) is 0 Å². The molecule has 3 aromatic rings. The van der Waals surface area contributed by atoms with E-state index in [1.807, 2.05) is 42.5 Å². The topological polar surface area (TPSA) is 62.7 Å². The number of rotatable bonds is 7. The quantitative estimate of drug-likeness (QED) is 0.661. The molecule has 3 rings (SSSR count). The maximum absolute atomic E-state index is 6.00. The largest absolute Gasteiger partial charge is 0.362 e. The van der Waals surface area contributed by atoms with Gasteiger partial charge in [-0.25, -0.2) is 0 Å². The van der Waals surface area contributed by atoms with Gasteiger partial charge in [-0.2, -0.15) is 10.1 Å². The molecule has 1 heterocycles. The van der Waals surface area contributed by atoms with Crippen molar-refractivity contribution in [2.45, 2.75) is 19.4 Å². The summed E-state index contributed by atoms with van der Waals surface area (Å²) in [5.74, 6) is 1.20. The van der Waals surface area contributed by atoms with E-state index in [0.717, 1.165) is 11.4 Å². The minimum absolute atomic E-state index is 0.136. The van der Waals surface area contributed by atoms with Crippen molar-refractivity contribution in [1.82, 2.24) is 15.2 Å². The van der Waals surface area contributed by atoms with Crippen LogP contribution in [0.1, 0.15) is 24.1 Å². The van der Waals surface area contributed by atoms with Crippen molar-refractivity contribution < 1.29 is 0 Å². The molecule has 128 valence electrons. The molecule has 0 saturated heterocycles. The van der Waals surface area contributed by atoms with E-state index in [4.69, 9.17) is 11.6 Å². The highest BCUT2D eigenvalue weighted by Gasteiger charge is 2.07. The fraction of sp³-hybridized carbons (Fsp3) is 0.211. The Balaban J connectivity index is 1.56. The Hall–Kier alpha value is -2.66. The Morgan fingerprint density at radius 1 is 1.08 bits per heavy atom. The van der Waals surface area contributed by atoms with Crippen LogP contribution >= 0.6 is 11.6 Å². The third-order valence-electron chi connectivity index (χ3n) is 3.81. The average Bonchev–Trinajstić information content (AvgIpc) is 2.63. The van der Waals surface area contributed by atoms with E-state index in [1.54, 1.807) is 6.20 Å². The summed E-state index contributed by atoms with van der Waals surface area (Å²) in [6.45, 7) is 2.80. The maximum Gasteiger partial charge on any atom is 0.244 e. The maximum atomic E-state index is 6.00. The normalized spacial score (nSPS) is 11.8. The summed E-state index contributed by atoms with van der Waals surface area (Å²) in [5, 5.41) is 15.3. The van der Waals surface area contributed by atoms with Gasteiger partial charge >= 0.3 is 0 Å². The van der Waals surface area contributed by atoms with E-state index in [2.05, 4.69) is 44.9 Å². The number of aromatic nitrogens is 3. The first-order chi connectivity index (χ1) is 12.2. The third kappa shape index (κ3) is 5.16. The molecule has 0 bridgehead atoms. The van der Waals surface area contributed by atoms with Crippen LogP contribution in [0.5, 0.6) is 0 Å². The first-order valence-corrected chi connectivity index (χ1v) is 8.58. The SMILES string of the molecule is CC(Nc1cnnc(NCCc2cccc(Cl)c2)n1)c1ccccc1. The summed E-state index contributed by atoms with van der Waals surface area (Å²) < 4.78 is 0. The first-order valence-electron chi connectivity index (χ1n) is 8.20. The summed E-state index contributed by atoms with van der Waals surface area (Å²) in [7, 11) is 0. The number of anilines is 2. The zero-order chi connectivity index (χ0) is 17.5. The predicted octanol–water partition coefficient (Wildman–Crippen LogP) is 4.35. The smallest absolute Gasteiger partial charge is 0.244 e. The molecule has 2 aromatic carbocycles. The lowest BCUT2D eigenvalue weighted by Gasteiger charge is -2.15. The molecule has 0 aliphatic rings. The second-order valence-electron chi connectivity index (χ2n) is 5.75. The van der Waals surface area contributed by atoms with Gasteiger partial charge in [0.1, 0.15) is 0 Å². The molecule has 0 aliphatic carbocycles. The van der Waals surface area contributed by atoms with Crippen molar-refractivity contribution in [2.24, 2.45) is 0 Å². The van der Waals surface area contributed by atoms with Crippen LogP contribution in [-0.4, -0.2) is 21.7 Å². The van der Waals surface area contributed by atoms with Gasteiger partial charge in [-0.3, -0.25) is 0 Å². The van der Waals surface area contributed by atoms with E-state index in [9.17, 15) is 0 Å². The summed E-state index contributed by atoms with van der Waals surface area (Å²) >= 11 is 6.00. The molecule has 0 radical (unpaired) electrons. The molecule has 0 saturated carbocycles. The van der Waals surface area contributed by atoms with E-state index < -0.39 is 0 Å². The highest BCUT2D eigenvalue weighted by Crippen LogP contribution is 2.17. The van der Waals surface area contributed by atoms with Crippen LogP contribution in [-0.2, 0) is 6.42 Å². The van der Waals surface area contributed by atoms with Gasteiger partial charge in [0, 0.05) is 17.6 Å². The average molecular weight is 354 g/mol. The number of benzene rings is 2. The van der Waals surface area contributed by atoms with E-state index in [1.165, 1.54) is 11.1 Å². The van der Waals surface area contributed by atoms with Gasteiger partial charge in [0.2, 0.25) is 5.95 Å². The fourth-order valence-electron chi connectivity index (χ4n) is 2.51. The highest BCUT2D eigenvalue weighted by atomic mass is 35.5. The molecular weight excluding hydrogens is 334 g/mol. The molecule has 1 aromatic heterocycles. The summed E-state index contributed by atoms with van der Waals surface area (Å²) in [5.41, 5.74) is 2.36. The zero-order valence-corrected chi connectivity index (χ0v) is 14.7. The van der Waals surface area contributed by atoms with Gasteiger partial charge < -0.3 is 10.6 Å². The van der Waals surface area contributed by atoms with E-state index in [-0.39, 0.29) is 6.04 Å². The van der Waals surface area contributed by atoms with E-state index >= 15 is 0 Å². The number of nitrogens with one attached hydrogen (secondary N) is 2. The van der Waals surface area contributed by atoms with Crippen LogP contribution in [0.15, 0.2) is 60.8 Å². The summed E-state index contributed by atoms with van der Waals surface area (Å²) in [4.78, 5) is 4.47. The Morgan fingerprint density at radius 2 is 1.92 bits per heavy atom. The van der Waals surface area contributed by atoms with Crippen LogP contribution in [0.4, 0.5) is 11.8 Å². The summed E-state index contributed by atoms with van der Waals surface area (Å²) in [6.07, 6.45) is 2.46. The van der Waals surface area contributed by atoms with Crippen LogP contribution in [0.3, 0.4) is 0 Å². The molecule has 1 atom stereocenters. The second kappa shape index (κ2) is 8.44. The molecule has 0 fully saturated rings. The first kappa shape index (κ1) is 17.2. The third-order valence-corrected chi connectivity index (χ3v) is 4.04. The van der Waals surface area contributed by atoms with Gasteiger partial charge in [-0.05, 0) is 36.6 Å². The number of nitrogens with zero attached hydrogens (tertiary/aromatic N) is 3. The lowest BCUT2D eigenvalue weighted by Crippen LogP contribution is -2.12. The van der Waals surface area contributed by atoms with Crippen molar-refractivity contribution in [2.75, 3.05) is 17.2 Å². The predicted molar refractivity (Wildman–Crippen MR) is 102 cm³/mol. The molecule has 0 spiro atoms. The standard InChI is InChI=1S/C19H20ClN5/c1-14(16-7-3-2-4-8-16)23-18-13-22-25-19(24-18)21-11-10-15-6-5-9-17(20)12-15/h2-9,12-14H,10-11H2,1H3,(H2,21,23,24,25). The van der Waals surface area contributed by atoms with Gasteiger partial charge in [0.05, 0.1) is 6.20 Å². The van der Waals surface area contributed by atoms with Crippen molar-refractivity contribution >= 4 is 23.4 Å². The molecule has 2 N–H and O–H groups in total. The molecule has 1 unspecified atom stereocenters. The number of hydrogen-bond donors (Lipinski definition) is 2. The van der Waals surface area contributed by atoms with Crippen LogP contribution in [0.25, 0.3) is 0 Å². The van der Waals surface area contributed by atoms with Gasteiger partial charge in [0.15, 0.2) is 5.82 Å². The minimum Gasteiger partial charge on any atom is -0.362 e. The zero-order valence-electron chi connectivity index (χ0n) is 14.0. The van der Waals surface area contributed by atoms with Crippen molar-refractivity contribution in [3.8, 4) is 0 Å². The van der Waals surface area contributed by atoms with Crippen molar-refractivity contribution in [1.29, 1.82) is 0 Å². The molecule has 5 nitrogen and oxygen atoms in total. The Kier molecular flexibility index (Phi) is 5.80. The Morgan fingerprint density at radius 3 is 2.72 bits per heavy atom. The van der Waals surface area contributed by atoms with Crippen LogP contribution in [0.2, 0.25) is 5.02 Å². The molecule has 6 heteroatoms. The number of halogens is 1. The monoisotopic (exact) mass is 353 g/mol. The van der Waals surface area contributed by atoms with Crippen LogP contribution < -0.4 is 10.6 Å². The second-order valence-corrected chi connectivity index (χ2v) is 6.19. The minimum atomic E-state index is 0.136. The van der Waals surface area contributed by atoms with E-state index in [0.29, 0.717) is 18.3 Å². The fourth-order valence-corrected chi connectivity index (χ4v) is 2.72. The van der Waals surface area contributed by atoms with Crippen molar-refractivity contribution in [3.05, 3.63) is 76.9 Å². The van der Waals surface area contributed by atoms with Gasteiger partial charge in [-0.1, -0.05) is 54.1 Å². The lowest BCUT2D eigenvalue weighted by atomic mass is 10.1. The Bertz CT molecular complexity index is 810. The molecule has 25 heavy (non-hydrogen) atoms. The number of hydrogen-bond acceptors (Lipinski definition) is 5. The molecule has 0 aliphatic heterocycles.